The lowest BCUT2D eigenvalue weighted by molar-refractivity contribution is 0.393. The third-order valence-corrected chi connectivity index (χ3v) is 20.1. The Hall–Kier alpha value is -10.4. The number of allylic oxidation sites excluding steroid dienone is 6. The Morgan fingerprint density at radius 1 is 0.337 bits per heavy atom. The zero-order valence-corrected chi connectivity index (χ0v) is 51.8. The molecule has 6 N–H and O–H groups in total. The van der Waals surface area contributed by atoms with Gasteiger partial charge in [0.15, 0.2) is 7.26 Å². The van der Waals surface area contributed by atoms with E-state index in [1.807, 2.05) is 115 Å². The van der Waals surface area contributed by atoms with Crippen molar-refractivity contribution in [3.05, 3.63) is 367 Å². The molecule has 1 aliphatic carbocycles. The minimum absolute atomic E-state index is 0.151. The van der Waals surface area contributed by atoms with Gasteiger partial charge >= 0.3 is 7.60 Å². The van der Waals surface area contributed by atoms with E-state index in [0.29, 0.717) is 17.2 Å². The summed E-state index contributed by atoms with van der Waals surface area (Å²) in [7, 11) is -5.10. The molecule has 0 amide bonds. The first kappa shape index (κ1) is 64.6. The van der Waals surface area contributed by atoms with Gasteiger partial charge in [-0.15, -0.1) is 0 Å². The smallest absolute Gasteiger partial charge is 0.427 e. The minimum Gasteiger partial charge on any atom is -0.508 e. The highest BCUT2D eigenvalue weighted by Gasteiger charge is 2.52. The molecule has 0 aromatic heterocycles. The van der Waals surface area contributed by atoms with E-state index < -0.39 is 20.3 Å². The highest BCUT2D eigenvalue weighted by atomic mass is 31.2. The topological polar surface area (TPSA) is 157 Å². The maximum atomic E-state index is 12.1. The fraction of sp³-hybridized carbons (Fsp3) is 0.0769. The monoisotopic (exact) mass is 1210 g/mol. The van der Waals surface area contributed by atoms with Crippen molar-refractivity contribution in [2.75, 3.05) is 6.66 Å². The molecule has 0 aliphatic heterocycles. The van der Waals surface area contributed by atoms with Crippen LogP contribution in [0.2, 0.25) is 0 Å². The Kier molecular flexibility index (Phi) is 22.4. The van der Waals surface area contributed by atoms with Crippen LogP contribution in [0.1, 0.15) is 48.6 Å². The first-order valence-electron chi connectivity index (χ1n) is 28.8. The molecule has 446 valence electrons. The standard InChI is InChI=1S/C24H19P.C20H18O3.C15H16O2.C13H13O3P.C6H6O/c1-5-13-21(14-6-1)25(22-15-7-2-8-16-22,23-17-9-3-10-18-23)24-19-11-4-12-20-24;1-20(14-2-8-17(21)9-3-14,15-4-10-18(22)11-5-15)16-6-12-19(23)13-7-16;1-15(2,11-3-7-13(16)8-4-11)12-5-9-14(17)10-6-12;1-17(14,15-12-8-4-2-5-9-12)16-13-10-6-3-7-11-13;7-6-4-2-1-3-5-6/h1-19H;2-13,21-23H,1H3;3-10,16-17H,1-2H3;2-11H,1H3;1-5,7H/q+2;;;;. The first-order chi connectivity index (χ1) is 43.0. The van der Waals surface area contributed by atoms with Gasteiger partial charge in [-0.3, -0.25) is 0 Å². The van der Waals surface area contributed by atoms with Crippen LogP contribution in [-0.2, 0) is 15.4 Å². The zero-order valence-electron chi connectivity index (χ0n) is 50.0. The van der Waals surface area contributed by atoms with Gasteiger partial charge in [0.2, 0.25) is 0 Å². The summed E-state index contributed by atoms with van der Waals surface area (Å²) >= 11 is 0. The van der Waals surface area contributed by atoms with Gasteiger partial charge in [0.25, 0.3) is 5.31 Å². The van der Waals surface area contributed by atoms with Crippen molar-refractivity contribution in [1.29, 1.82) is 0 Å². The molecule has 0 heterocycles. The zero-order chi connectivity index (χ0) is 63.1. The fourth-order valence-corrected chi connectivity index (χ4v) is 15.2. The Labute approximate surface area is 523 Å². The predicted octanol–water partition coefficient (Wildman–Crippen LogP) is 17.7. The van der Waals surface area contributed by atoms with Gasteiger partial charge in [-0.2, -0.15) is 0 Å². The largest absolute Gasteiger partial charge is 0.508 e. The van der Waals surface area contributed by atoms with Crippen LogP contribution >= 0.6 is 14.9 Å². The normalized spacial score (nSPS) is 11.6. The van der Waals surface area contributed by atoms with Gasteiger partial charge < -0.3 is 39.7 Å². The lowest BCUT2D eigenvalue weighted by Crippen LogP contribution is -2.32. The molecule has 0 saturated carbocycles. The maximum absolute atomic E-state index is 12.1. The van der Waals surface area contributed by atoms with Gasteiger partial charge in [-0.05, 0) is 168 Å². The average molecular weight is 1220 g/mol. The van der Waals surface area contributed by atoms with Crippen LogP contribution in [0.25, 0.3) is 0 Å². The number of hydrogen-bond acceptors (Lipinski definition) is 9. The summed E-state index contributed by atoms with van der Waals surface area (Å²) in [5, 5.41) is 61.3. The second kappa shape index (κ2) is 30.8. The molecule has 0 atom stereocenters. The average Bonchev–Trinajstić information content (AvgIpc) is 0.919. The first-order valence-corrected chi connectivity index (χ1v) is 32.6. The van der Waals surface area contributed by atoms with Crippen LogP contribution in [0.4, 0.5) is 0 Å². The molecule has 11 heteroatoms. The molecule has 11 aromatic rings. The summed E-state index contributed by atoms with van der Waals surface area (Å²) in [6, 6.07) is 95.0. The van der Waals surface area contributed by atoms with E-state index in [1.54, 1.807) is 109 Å². The lowest BCUT2D eigenvalue weighted by Gasteiger charge is -2.32. The summed E-state index contributed by atoms with van der Waals surface area (Å²) in [5.41, 5.74) is 4.64. The van der Waals surface area contributed by atoms with Crippen molar-refractivity contribution in [2.24, 2.45) is 0 Å². The molecular weight excluding hydrogens is 1140 g/mol. The van der Waals surface area contributed by atoms with Gasteiger partial charge in [0.1, 0.15) is 68.0 Å². The van der Waals surface area contributed by atoms with Gasteiger partial charge in [0, 0.05) is 16.9 Å². The minimum atomic E-state index is -3.14. The quantitative estimate of drug-likeness (QED) is 0.0376. The van der Waals surface area contributed by atoms with Crippen LogP contribution in [-0.4, -0.2) is 37.3 Å². The molecule has 0 bridgehead atoms. The molecule has 0 unspecified atom stereocenters. The number of hydrogen-bond donors (Lipinski definition) is 6. The van der Waals surface area contributed by atoms with E-state index in [4.69, 9.17) is 14.2 Å². The van der Waals surface area contributed by atoms with E-state index in [9.17, 15) is 30.1 Å². The van der Waals surface area contributed by atoms with Crippen molar-refractivity contribution < 1.29 is 44.3 Å². The molecule has 12 rings (SSSR count). The molecule has 0 fully saturated rings. The summed E-state index contributed by atoms with van der Waals surface area (Å²) in [4.78, 5) is 0. The number of para-hydroxylation sites is 3. The highest BCUT2D eigenvalue weighted by molar-refractivity contribution is 7.99. The number of rotatable bonds is 13. The Morgan fingerprint density at radius 3 is 0.854 bits per heavy atom. The lowest BCUT2D eigenvalue weighted by atomic mass is 9.71. The number of phenols is 6. The van der Waals surface area contributed by atoms with Crippen LogP contribution in [0, 0.1) is 6.08 Å². The summed E-state index contributed by atoms with van der Waals surface area (Å²) in [6.07, 6.45) is 12.0. The Balaban J connectivity index is 0.000000150. The van der Waals surface area contributed by atoms with E-state index in [2.05, 4.69) is 130 Å². The fourth-order valence-electron chi connectivity index (χ4n) is 10.0. The molecule has 0 saturated heterocycles. The summed E-state index contributed by atoms with van der Waals surface area (Å²) in [5.74, 6) is 2.59. The van der Waals surface area contributed by atoms with Crippen molar-refractivity contribution in [2.45, 2.75) is 31.6 Å². The molecular formula is C78H72O9P2+2. The van der Waals surface area contributed by atoms with Crippen molar-refractivity contribution in [1.82, 2.24) is 0 Å². The van der Waals surface area contributed by atoms with E-state index in [0.717, 1.165) is 27.8 Å². The predicted molar refractivity (Wildman–Crippen MR) is 364 cm³/mol. The molecule has 9 nitrogen and oxygen atoms in total. The maximum Gasteiger partial charge on any atom is 0.427 e. The Bertz CT molecular complexity index is 3740. The van der Waals surface area contributed by atoms with E-state index in [-0.39, 0.29) is 34.2 Å². The second-order valence-corrected chi connectivity index (χ2v) is 26.6. The van der Waals surface area contributed by atoms with Crippen molar-refractivity contribution in [3.8, 4) is 46.0 Å². The van der Waals surface area contributed by atoms with E-state index >= 15 is 0 Å². The van der Waals surface area contributed by atoms with Crippen molar-refractivity contribution in [3.63, 3.8) is 0 Å². The molecule has 89 heavy (non-hydrogen) atoms. The molecule has 11 aromatic carbocycles. The number of aromatic hydroxyl groups is 6. The Morgan fingerprint density at radius 2 is 0.596 bits per heavy atom. The SMILES string of the molecule is CC(C)(c1ccc(O)cc1)c1ccc(O)cc1.CC(c1ccc(O)cc1)(c1ccc(O)cc1)c1ccc(O)cc1.CP(=O)(Oc1ccccc1)Oc1ccccc1.Oc1ccccc1.[C+]1=CC=CC=C1[P+](c1ccccc1)(c1ccccc1)c1ccccc1. The number of benzene rings is 11. The second-order valence-electron chi connectivity index (χ2n) is 21.3. The van der Waals surface area contributed by atoms with Gasteiger partial charge in [0.05, 0.1) is 24.9 Å². The van der Waals surface area contributed by atoms with Gasteiger partial charge in [-0.25, -0.2) is 4.57 Å². The molecule has 1 aliphatic rings. The van der Waals surface area contributed by atoms with Gasteiger partial charge in [-0.1, -0.05) is 184 Å². The number of phenolic OH excluding ortho intramolecular Hbond substituents is 6. The van der Waals surface area contributed by atoms with E-state index in [1.165, 1.54) is 27.9 Å². The van der Waals surface area contributed by atoms with Crippen LogP contribution in [0.15, 0.2) is 333 Å². The third-order valence-electron chi connectivity index (χ3n) is 14.8. The summed E-state index contributed by atoms with van der Waals surface area (Å²) < 4.78 is 22.8. The van der Waals surface area contributed by atoms with Crippen molar-refractivity contribution >= 4 is 30.8 Å². The molecule has 0 radical (unpaired) electrons. The van der Waals surface area contributed by atoms with Crippen LogP contribution < -0.4 is 25.0 Å². The summed E-state index contributed by atoms with van der Waals surface area (Å²) in [6.45, 7) is 7.77. The van der Waals surface area contributed by atoms with Crippen LogP contribution in [0.3, 0.4) is 0 Å². The third kappa shape index (κ3) is 17.4. The molecule has 0 spiro atoms. The van der Waals surface area contributed by atoms with Crippen LogP contribution in [0.5, 0.6) is 46.0 Å². The highest BCUT2D eigenvalue weighted by Crippen LogP contribution is 2.63.